The molecule has 0 aliphatic heterocycles. The number of nitrogens with zero attached hydrogens (tertiary/aromatic N) is 1. The van der Waals surface area contributed by atoms with Crippen LogP contribution in [0.2, 0.25) is 0 Å². The average Bonchev–Trinajstić information content (AvgIpc) is 3.29. The fraction of sp³-hybridized carbons (Fsp3) is 0.353. The number of hydrogen-bond donors (Lipinski definition) is 1. The summed E-state index contributed by atoms with van der Waals surface area (Å²) in [6.07, 6.45) is 6.20. The van der Waals surface area contributed by atoms with Gasteiger partial charge in [-0.3, -0.25) is 4.98 Å². The van der Waals surface area contributed by atoms with Crippen LogP contribution in [0.4, 0.5) is 0 Å². The van der Waals surface area contributed by atoms with Gasteiger partial charge in [-0.15, -0.1) is 0 Å². The Bertz CT molecular complexity index is 564. The third kappa shape index (κ3) is 3.58. The first-order valence-corrected chi connectivity index (χ1v) is 7.16. The minimum atomic E-state index is 0.585. The van der Waals surface area contributed by atoms with Gasteiger partial charge >= 0.3 is 0 Å². The molecule has 0 saturated heterocycles. The van der Waals surface area contributed by atoms with Crippen LogP contribution in [0.3, 0.4) is 0 Å². The van der Waals surface area contributed by atoms with E-state index < -0.39 is 0 Å². The molecule has 1 saturated carbocycles. The second-order valence-electron chi connectivity index (χ2n) is 5.41. The number of aryl methyl sites for hydroxylation is 1. The number of pyridine rings is 1. The minimum Gasteiger partial charge on any atom is -0.489 e. The van der Waals surface area contributed by atoms with Gasteiger partial charge in [0.1, 0.15) is 12.4 Å². The number of hydrogen-bond acceptors (Lipinski definition) is 3. The highest BCUT2D eigenvalue weighted by molar-refractivity contribution is 5.37. The average molecular weight is 268 g/mol. The van der Waals surface area contributed by atoms with E-state index in [1.54, 1.807) is 12.4 Å². The van der Waals surface area contributed by atoms with Crippen molar-refractivity contribution >= 4 is 0 Å². The molecule has 0 bridgehead atoms. The lowest BCUT2D eigenvalue weighted by Gasteiger charge is -2.13. The summed E-state index contributed by atoms with van der Waals surface area (Å²) in [6.45, 7) is 3.59. The van der Waals surface area contributed by atoms with Crippen LogP contribution < -0.4 is 10.1 Å². The van der Waals surface area contributed by atoms with Crippen molar-refractivity contribution < 1.29 is 4.74 Å². The third-order valence-corrected chi connectivity index (χ3v) is 3.52. The monoisotopic (exact) mass is 268 g/mol. The van der Waals surface area contributed by atoms with E-state index in [0.29, 0.717) is 12.6 Å². The Labute approximate surface area is 120 Å². The van der Waals surface area contributed by atoms with Crippen molar-refractivity contribution in [2.24, 2.45) is 0 Å². The van der Waals surface area contributed by atoms with Crippen LogP contribution in [0.15, 0.2) is 42.7 Å². The molecule has 0 radical (unpaired) electrons. The molecule has 20 heavy (non-hydrogen) atoms. The van der Waals surface area contributed by atoms with Crippen LogP contribution in [0.1, 0.15) is 29.5 Å². The minimum absolute atomic E-state index is 0.585. The summed E-state index contributed by atoms with van der Waals surface area (Å²) in [7, 11) is 0. The summed E-state index contributed by atoms with van der Waals surface area (Å²) in [5.74, 6) is 0.973. The molecular formula is C17H20N2O. The van der Waals surface area contributed by atoms with E-state index in [0.717, 1.165) is 17.9 Å². The second kappa shape index (κ2) is 6.06. The summed E-state index contributed by atoms with van der Waals surface area (Å²) in [4.78, 5) is 4.02. The van der Waals surface area contributed by atoms with Crippen molar-refractivity contribution in [1.82, 2.24) is 10.3 Å². The van der Waals surface area contributed by atoms with E-state index in [2.05, 4.69) is 35.4 Å². The van der Waals surface area contributed by atoms with E-state index in [1.807, 2.05) is 12.1 Å². The maximum Gasteiger partial charge on any atom is 0.124 e. The topological polar surface area (TPSA) is 34.1 Å². The van der Waals surface area contributed by atoms with Gasteiger partial charge in [0.15, 0.2) is 0 Å². The summed E-state index contributed by atoms with van der Waals surface area (Å²) >= 11 is 0. The first-order valence-electron chi connectivity index (χ1n) is 7.16. The molecule has 1 N–H and O–H groups in total. The molecule has 1 aliphatic carbocycles. The van der Waals surface area contributed by atoms with Gasteiger partial charge in [0.25, 0.3) is 0 Å². The van der Waals surface area contributed by atoms with E-state index in [-0.39, 0.29) is 0 Å². The van der Waals surface area contributed by atoms with Crippen LogP contribution in [-0.4, -0.2) is 11.0 Å². The standard InChI is InChI=1S/C17H20N2O/c1-13-2-5-17(15(10-13)11-19-16-3-4-16)20-12-14-6-8-18-9-7-14/h2,5-10,16,19H,3-4,11-12H2,1H3. The number of aromatic nitrogens is 1. The maximum atomic E-state index is 5.96. The van der Waals surface area contributed by atoms with Crippen LogP contribution in [0.5, 0.6) is 5.75 Å². The Kier molecular flexibility index (Phi) is 3.97. The molecule has 1 aromatic heterocycles. The molecule has 1 aliphatic rings. The Morgan fingerprint density at radius 3 is 2.75 bits per heavy atom. The van der Waals surface area contributed by atoms with Crippen molar-refractivity contribution in [3.63, 3.8) is 0 Å². The van der Waals surface area contributed by atoms with Gasteiger partial charge in [0, 0.05) is 30.5 Å². The van der Waals surface area contributed by atoms with Gasteiger partial charge in [0.2, 0.25) is 0 Å². The molecule has 0 atom stereocenters. The number of rotatable bonds is 6. The lowest BCUT2D eigenvalue weighted by Crippen LogP contribution is -2.16. The Balaban J connectivity index is 1.67. The largest absolute Gasteiger partial charge is 0.489 e. The molecule has 3 heteroatoms. The zero-order valence-electron chi connectivity index (χ0n) is 11.8. The van der Waals surface area contributed by atoms with E-state index in [4.69, 9.17) is 4.74 Å². The van der Waals surface area contributed by atoms with Gasteiger partial charge in [0.05, 0.1) is 0 Å². The smallest absolute Gasteiger partial charge is 0.124 e. The molecule has 1 heterocycles. The normalized spacial score (nSPS) is 14.2. The maximum absolute atomic E-state index is 5.96. The molecule has 0 spiro atoms. The lowest BCUT2D eigenvalue weighted by molar-refractivity contribution is 0.302. The molecular weight excluding hydrogens is 248 g/mol. The number of ether oxygens (including phenoxy) is 1. The van der Waals surface area contributed by atoms with Gasteiger partial charge in [-0.1, -0.05) is 17.7 Å². The van der Waals surface area contributed by atoms with Crippen LogP contribution in [-0.2, 0) is 13.2 Å². The molecule has 0 unspecified atom stereocenters. The summed E-state index contributed by atoms with van der Waals surface area (Å²) in [5, 5.41) is 3.55. The molecule has 104 valence electrons. The van der Waals surface area contributed by atoms with Gasteiger partial charge < -0.3 is 10.1 Å². The highest BCUT2D eigenvalue weighted by Gasteiger charge is 2.20. The summed E-state index contributed by atoms with van der Waals surface area (Å²) < 4.78 is 5.96. The van der Waals surface area contributed by atoms with Crippen LogP contribution >= 0.6 is 0 Å². The molecule has 3 rings (SSSR count). The van der Waals surface area contributed by atoms with Crippen molar-refractivity contribution in [3.05, 3.63) is 59.4 Å². The fourth-order valence-corrected chi connectivity index (χ4v) is 2.17. The van der Waals surface area contributed by atoms with Crippen molar-refractivity contribution in [1.29, 1.82) is 0 Å². The van der Waals surface area contributed by atoms with Crippen molar-refractivity contribution in [2.45, 2.75) is 39.0 Å². The summed E-state index contributed by atoms with van der Waals surface area (Å²) in [6, 6.07) is 11.1. The first-order chi connectivity index (χ1) is 9.81. The third-order valence-electron chi connectivity index (χ3n) is 3.52. The van der Waals surface area contributed by atoms with Crippen molar-refractivity contribution in [2.75, 3.05) is 0 Å². The van der Waals surface area contributed by atoms with Crippen LogP contribution in [0, 0.1) is 6.92 Å². The fourth-order valence-electron chi connectivity index (χ4n) is 2.17. The van der Waals surface area contributed by atoms with Gasteiger partial charge in [-0.2, -0.15) is 0 Å². The number of benzene rings is 1. The van der Waals surface area contributed by atoms with E-state index in [9.17, 15) is 0 Å². The predicted octanol–water partition coefficient (Wildman–Crippen LogP) is 3.22. The van der Waals surface area contributed by atoms with Gasteiger partial charge in [-0.05, 0) is 43.5 Å². The van der Waals surface area contributed by atoms with Crippen molar-refractivity contribution in [3.8, 4) is 5.75 Å². The predicted molar refractivity (Wildman–Crippen MR) is 79.6 cm³/mol. The van der Waals surface area contributed by atoms with E-state index >= 15 is 0 Å². The highest BCUT2D eigenvalue weighted by Crippen LogP contribution is 2.24. The molecule has 3 nitrogen and oxygen atoms in total. The number of nitrogens with one attached hydrogen (secondary N) is 1. The first kappa shape index (κ1) is 13.1. The Morgan fingerprint density at radius 1 is 1.20 bits per heavy atom. The molecule has 0 amide bonds. The Hall–Kier alpha value is -1.87. The lowest BCUT2D eigenvalue weighted by atomic mass is 10.1. The highest BCUT2D eigenvalue weighted by atomic mass is 16.5. The molecule has 1 fully saturated rings. The van der Waals surface area contributed by atoms with Crippen LogP contribution in [0.25, 0.3) is 0 Å². The molecule has 1 aromatic carbocycles. The SMILES string of the molecule is Cc1ccc(OCc2ccncc2)c(CNC2CC2)c1. The Morgan fingerprint density at radius 2 is 2.00 bits per heavy atom. The van der Waals surface area contributed by atoms with Gasteiger partial charge in [-0.25, -0.2) is 0 Å². The van der Waals surface area contributed by atoms with E-state index in [1.165, 1.54) is 24.0 Å². The zero-order valence-corrected chi connectivity index (χ0v) is 11.8. The quantitative estimate of drug-likeness (QED) is 0.873. The zero-order chi connectivity index (χ0) is 13.8. The molecule has 2 aromatic rings. The summed E-state index contributed by atoms with van der Waals surface area (Å²) in [5.41, 5.74) is 3.65. The second-order valence-corrected chi connectivity index (χ2v) is 5.41.